The number of rotatable bonds is 3. The molecule has 5 nitrogen and oxygen atoms in total. The van der Waals surface area contributed by atoms with Gasteiger partial charge in [-0.2, -0.15) is 0 Å². The van der Waals surface area contributed by atoms with Crippen LogP contribution in [-0.2, 0) is 0 Å². The first-order valence-corrected chi connectivity index (χ1v) is 8.64. The van der Waals surface area contributed by atoms with Crippen molar-refractivity contribution in [2.24, 2.45) is 5.92 Å². The Kier molecular flexibility index (Phi) is 3.26. The van der Waals surface area contributed by atoms with Crippen molar-refractivity contribution in [3.63, 3.8) is 0 Å². The summed E-state index contributed by atoms with van der Waals surface area (Å²) in [7, 11) is 0. The Balaban J connectivity index is 1.37. The highest BCUT2D eigenvalue weighted by atomic mass is 16.5. The van der Waals surface area contributed by atoms with Gasteiger partial charge in [-0.3, -0.25) is 4.90 Å². The van der Waals surface area contributed by atoms with Crippen LogP contribution in [0.25, 0.3) is 16.6 Å². The van der Waals surface area contributed by atoms with Gasteiger partial charge in [-0.05, 0) is 49.4 Å². The van der Waals surface area contributed by atoms with Gasteiger partial charge in [0.05, 0.1) is 23.6 Å². The third-order valence-electron chi connectivity index (χ3n) is 5.35. The lowest BCUT2D eigenvalue weighted by Gasteiger charge is -2.43. The average molecular weight is 320 g/mol. The van der Waals surface area contributed by atoms with Crippen LogP contribution >= 0.6 is 0 Å². The molecule has 3 aliphatic heterocycles. The molecule has 0 radical (unpaired) electrons. The van der Waals surface area contributed by atoms with E-state index in [1.165, 1.54) is 31.3 Å². The maximum absolute atomic E-state index is 6.08. The first-order valence-electron chi connectivity index (χ1n) is 8.64. The molecule has 3 fully saturated rings. The number of hydrogen-bond acceptors (Lipinski definition) is 4. The molecule has 2 bridgehead atoms. The van der Waals surface area contributed by atoms with Crippen molar-refractivity contribution < 1.29 is 4.74 Å². The molecule has 0 aliphatic carbocycles. The van der Waals surface area contributed by atoms with Gasteiger partial charge in [0.25, 0.3) is 0 Å². The van der Waals surface area contributed by atoms with Gasteiger partial charge in [-0.15, -0.1) is 0 Å². The first-order chi connectivity index (χ1) is 11.9. The highest BCUT2D eigenvalue weighted by Gasteiger charge is 2.35. The van der Waals surface area contributed by atoms with Crippen LogP contribution in [0.1, 0.15) is 12.8 Å². The highest BCUT2D eigenvalue weighted by molar-refractivity contribution is 5.81. The second-order valence-corrected chi connectivity index (χ2v) is 6.76. The third kappa shape index (κ3) is 2.36. The zero-order valence-electron chi connectivity index (χ0n) is 13.5. The molecule has 24 heavy (non-hydrogen) atoms. The van der Waals surface area contributed by atoms with E-state index in [1.807, 2.05) is 24.5 Å². The van der Waals surface area contributed by atoms with Crippen molar-refractivity contribution in [1.82, 2.24) is 19.4 Å². The van der Waals surface area contributed by atoms with Crippen LogP contribution in [0.3, 0.4) is 0 Å². The van der Waals surface area contributed by atoms with E-state index in [2.05, 4.69) is 43.8 Å². The Hall–Kier alpha value is -2.40. The molecule has 122 valence electrons. The van der Waals surface area contributed by atoms with Gasteiger partial charge in [0.2, 0.25) is 0 Å². The predicted octanol–water partition coefficient (Wildman–Crippen LogP) is 2.89. The SMILES string of the molecule is c1ccc2c(c1)ccn2-c1cnc(O[C@@H]2CN3CCC2CC3)nc1. The van der Waals surface area contributed by atoms with Gasteiger partial charge in [-0.25, -0.2) is 9.97 Å². The van der Waals surface area contributed by atoms with Gasteiger partial charge in [0.1, 0.15) is 6.10 Å². The summed E-state index contributed by atoms with van der Waals surface area (Å²) in [4.78, 5) is 11.4. The number of para-hydroxylation sites is 1. The lowest BCUT2D eigenvalue weighted by molar-refractivity contribution is -0.0123. The summed E-state index contributed by atoms with van der Waals surface area (Å²) < 4.78 is 8.18. The van der Waals surface area contributed by atoms with Crippen molar-refractivity contribution in [2.75, 3.05) is 19.6 Å². The summed E-state index contributed by atoms with van der Waals surface area (Å²) in [5.74, 6) is 0.659. The minimum atomic E-state index is 0.241. The number of benzene rings is 1. The highest BCUT2D eigenvalue weighted by Crippen LogP contribution is 2.30. The Morgan fingerprint density at radius 3 is 2.54 bits per heavy atom. The van der Waals surface area contributed by atoms with Crippen LogP contribution in [0.15, 0.2) is 48.9 Å². The molecule has 0 amide bonds. The average Bonchev–Trinajstić information content (AvgIpc) is 3.08. The summed E-state index contributed by atoms with van der Waals surface area (Å²) in [6.07, 6.45) is 8.45. The van der Waals surface area contributed by atoms with E-state index in [0.717, 1.165) is 17.7 Å². The maximum Gasteiger partial charge on any atom is 0.316 e. The van der Waals surface area contributed by atoms with Gasteiger partial charge < -0.3 is 9.30 Å². The lowest BCUT2D eigenvalue weighted by atomic mass is 9.86. The Morgan fingerprint density at radius 1 is 1.00 bits per heavy atom. The first kappa shape index (κ1) is 14.0. The molecule has 5 heterocycles. The van der Waals surface area contributed by atoms with Gasteiger partial charge in [-0.1, -0.05) is 18.2 Å². The van der Waals surface area contributed by atoms with E-state index < -0.39 is 0 Å². The minimum Gasteiger partial charge on any atom is -0.458 e. The van der Waals surface area contributed by atoms with Crippen molar-refractivity contribution in [3.8, 4) is 11.7 Å². The fraction of sp³-hybridized carbons (Fsp3) is 0.368. The monoisotopic (exact) mass is 320 g/mol. The van der Waals surface area contributed by atoms with Crippen molar-refractivity contribution in [3.05, 3.63) is 48.9 Å². The van der Waals surface area contributed by atoms with Gasteiger partial charge >= 0.3 is 6.01 Å². The van der Waals surface area contributed by atoms with E-state index in [0.29, 0.717) is 11.9 Å². The third-order valence-corrected chi connectivity index (χ3v) is 5.35. The van der Waals surface area contributed by atoms with Gasteiger partial charge in [0, 0.05) is 12.7 Å². The quantitative estimate of drug-likeness (QED) is 0.744. The van der Waals surface area contributed by atoms with E-state index >= 15 is 0 Å². The Morgan fingerprint density at radius 2 is 1.79 bits per heavy atom. The van der Waals surface area contributed by atoms with Gasteiger partial charge in [0.15, 0.2) is 0 Å². The number of ether oxygens (including phenoxy) is 1. The molecule has 5 heteroatoms. The van der Waals surface area contributed by atoms with E-state index in [-0.39, 0.29) is 6.10 Å². The Labute approximate surface area is 140 Å². The van der Waals surface area contributed by atoms with E-state index in [1.54, 1.807) is 0 Å². The van der Waals surface area contributed by atoms with Crippen molar-refractivity contribution in [2.45, 2.75) is 18.9 Å². The summed E-state index contributed by atoms with van der Waals surface area (Å²) in [5, 5.41) is 1.21. The second kappa shape index (κ2) is 5.60. The molecule has 3 aliphatic rings. The number of nitrogens with zero attached hydrogens (tertiary/aromatic N) is 4. The molecule has 2 aromatic heterocycles. The number of piperidine rings is 3. The number of fused-ring (bicyclic) bond motifs is 4. The van der Waals surface area contributed by atoms with Crippen LogP contribution in [0, 0.1) is 5.92 Å². The smallest absolute Gasteiger partial charge is 0.316 e. The second-order valence-electron chi connectivity index (χ2n) is 6.76. The fourth-order valence-corrected chi connectivity index (χ4v) is 3.98. The zero-order valence-corrected chi connectivity index (χ0v) is 13.5. The van der Waals surface area contributed by atoms with E-state index in [4.69, 9.17) is 4.74 Å². The molecule has 0 unspecified atom stereocenters. The standard InChI is InChI=1S/C19H20N4O/c1-2-4-17-14(3-1)7-10-23(17)16-11-20-19(21-12-16)24-18-13-22-8-5-15(18)6-9-22/h1-4,7,10-12,15,18H,5-6,8-9,13H2/t18-/m1/s1. The molecular weight excluding hydrogens is 300 g/mol. The van der Waals surface area contributed by atoms with Crippen LogP contribution in [-0.4, -0.2) is 45.2 Å². The largest absolute Gasteiger partial charge is 0.458 e. The fourth-order valence-electron chi connectivity index (χ4n) is 3.98. The molecule has 1 aromatic carbocycles. The normalized spacial score (nSPS) is 25.9. The van der Waals surface area contributed by atoms with Crippen molar-refractivity contribution in [1.29, 1.82) is 0 Å². The predicted molar refractivity (Wildman–Crippen MR) is 92.4 cm³/mol. The topological polar surface area (TPSA) is 43.2 Å². The molecule has 0 saturated carbocycles. The molecule has 0 N–H and O–H groups in total. The summed E-state index contributed by atoms with van der Waals surface area (Å²) in [6.45, 7) is 3.44. The molecule has 0 spiro atoms. The van der Waals surface area contributed by atoms with Crippen LogP contribution < -0.4 is 4.74 Å². The lowest BCUT2D eigenvalue weighted by Crippen LogP contribution is -2.52. The summed E-state index contributed by atoms with van der Waals surface area (Å²) in [6, 6.07) is 10.9. The zero-order chi connectivity index (χ0) is 15.9. The van der Waals surface area contributed by atoms with Crippen LogP contribution in [0.4, 0.5) is 0 Å². The van der Waals surface area contributed by atoms with E-state index in [9.17, 15) is 0 Å². The maximum atomic E-state index is 6.08. The number of hydrogen-bond donors (Lipinski definition) is 0. The van der Waals surface area contributed by atoms with Crippen LogP contribution in [0.5, 0.6) is 6.01 Å². The molecular formula is C19H20N4O. The summed E-state index contributed by atoms with van der Waals surface area (Å²) >= 11 is 0. The number of aromatic nitrogens is 3. The summed E-state index contributed by atoms with van der Waals surface area (Å²) in [5.41, 5.74) is 2.12. The Bertz CT molecular complexity index is 849. The molecule has 3 saturated heterocycles. The minimum absolute atomic E-state index is 0.241. The molecule has 3 aromatic rings. The van der Waals surface area contributed by atoms with Crippen molar-refractivity contribution >= 4 is 10.9 Å². The molecule has 1 atom stereocenters. The molecule has 6 rings (SSSR count). The van der Waals surface area contributed by atoms with Crippen LogP contribution in [0.2, 0.25) is 0 Å².